The van der Waals surface area contributed by atoms with Gasteiger partial charge in [-0.05, 0) is 28.1 Å². The zero-order valence-electron chi connectivity index (χ0n) is 9.73. The highest BCUT2D eigenvalue weighted by Crippen LogP contribution is 2.29. The molecule has 1 aromatic heterocycles. The minimum atomic E-state index is -0.462. The number of hydrogen-bond acceptors (Lipinski definition) is 4. The summed E-state index contributed by atoms with van der Waals surface area (Å²) in [5.74, 6) is -0.232. The Morgan fingerprint density at radius 3 is 3.00 bits per heavy atom. The number of ether oxygens (including phenoxy) is 1. The number of pyridine rings is 1. The molecule has 2 rings (SSSR count). The van der Waals surface area contributed by atoms with Gasteiger partial charge in [-0.2, -0.15) is 5.26 Å². The fourth-order valence-corrected chi connectivity index (χ4v) is 1.84. The van der Waals surface area contributed by atoms with Crippen molar-refractivity contribution in [1.29, 1.82) is 5.26 Å². The summed E-state index contributed by atoms with van der Waals surface area (Å²) in [5, 5.41) is 8.89. The van der Waals surface area contributed by atoms with Crippen molar-refractivity contribution in [3.05, 3.63) is 52.0 Å². The highest BCUT2D eigenvalue weighted by Gasteiger charge is 2.09. The molecule has 6 heteroatoms. The van der Waals surface area contributed by atoms with E-state index in [0.29, 0.717) is 11.3 Å². The standard InChI is InChI=1S/C13H9BrFN3O/c14-9-4-11(17)13(5-10(9)15)19-7-8-2-1-3-18-12(8)6-16/h1-5H,7,17H2. The number of nitrogen functional groups attached to an aromatic ring is 1. The second kappa shape index (κ2) is 5.67. The van der Waals surface area contributed by atoms with Crippen molar-refractivity contribution < 1.29 is 9.13 Å². The Bertz CT molecular complexity index is 655. The molecular formula is C13H9BrFN3O. The quantitative estimate of drug-likeness (QED) is 0.882. The Morgan fingerprint density at radius 1 is 1.47 bits per heavy atom. The summed E-state index contributed by atoms with van der Waals surface area (Å²) >= 11 is 3.04. The van der Waals surface area contributed by atoms with Gasteiger partial charge in [-0.25, -0.2) is 9.37 Å². The lowest BCUT2D eigenvalue weighted by Crippen LogP contribution is -2.02. The van der Waals surface area contributed by atoms with E-state index in [9.17, 15) is 4.39 Å². The lowest BCUT2D eigenvalue weighted by Gasteiger charge is -2.10. The van der Waals surface area contributed by atoms with Gasteiger partial charge in [0, 0.05) is 17.8 Å². The van der Waals surface area contributed by atoms with Crippen LogP contribution in [0.4, 0.5) is 10.1 Å². The molecule has 0 aliphatic rings. The van der Waals surface area contributed by atoms with Crippen LogP contribution < -0.4 is 10.5 Å². The van der Waals surface area contributed by atoms with Gasteiger partial charge in [0.2, 0.25) is 0 Å². The molecule has 4 nitrogen and oxygen atoms in total. The molecule has 0 saturated heterocycles. The van der Waals surface area contributed by atoms with Crippen LogP contribution in [0.25, 0.3) is 0 Å². The van der Waals surface area contributed by atoms with Crippen molar-refractivity contribution in [2.24, 2.45) is 0 Å². The van der Waals surface area contributed by atoms with Gasteiger partial charge >= 0.3 is 0 Å². The molecule has 2 aromatic rings. The fourth-order valence-electron chi connectivity index (χ4n) is 1.48. The molecule has 0 amide bonds. The van der Waals surface area contributed by atoms with Gasteiger partial charge in [0.15, 0.2) is 0 Å². The van der Waals surface area contributed by atoms with Crippen LogP contribution in [-0.4, -0.2) is 4.98 Å². The van der Waals surface area contributed by atoms with Gasteiger partial charge in [-0.15, -0.1) is 0 Å². The maximum absolute atomic E-state index is 13.4. The summed E-state index contributed by atoms with van der Waals surface area (Å²) in [6.45, 7) is 0.0992. The van der Waals surface area contributed by atoms with Gasteiger partial charge in [0.25, 0.3) is 0 Å². The van der Waals surface area contributed by atoms with Crippen LogP contribution in [0.5, 0.6) is 5.75 Å². The number of benzene rings is 1. The molecule has 0 unspecified atom stereocenters. The lowest BCUT2D eigenvalue weighted by molar-refractivity contribution is 0.305. The first-order chi connectivity index (χ1) is 9.11. The monoisotopic (exact) mass is 321 g/mol. The number of aromatic nitrogens is 1. The van der Waals surface area contributed by atoms with E-state index in [1.165, 1.54) is 18.3 Å². The molecule has 0 aliphatic carbocycles. The average Bonchev–Trinajstić information content (AvgIpc) is 2.41. The molecule has 19 heavy (non-hydrogen) atoms. The third-order valence-electron chi connectivity index (χ3n) is 2.43. The van der Waals surface area contributed by atoms with E-state index in [0.717, 1.165) is 0 Å². The Labute approximate surface area is 117 Å². The highest BCUT2D eigenvalue weighted by molar-refractivity contribution is 9.10. The van der Waals surface area contributed by atoms with Crippen molar-refractivity contribution in [3.8, 4) is 11.8 Å². The van der Waals surface area contributed by atoms with Crippen LogP contribution in [-0.2, 0) is 6.61 Å². The van der Waals surface area contributed by atoms with E-state index in [2.05, 4.69) is 20.9 Å². The van der Waals surface area contributed by atoms with Crippen LogP contribution in [0.2, 0.25) is 0 Å². The molecule has 1 heterocycles. The molecule has 0 aliphatic heterocycles. The Morgan fingerprint density at radius 2 is 2.26 bits per heavy atom. The fraction of sp³-hybridized carbons (Fsp3) is 0.0769. The van der Waals surface area contributed by atoms with Crippen molar-refractivity contribution >= 4 is 21.6 Å². The van der Waals surface area contributed by atoms with Gasteiger partial charge in [-0.1, -0.05) is 6.07 Å². The summed E-state index contributed by atoms with van der Waals surface area (Å²) in [4.78, 5) is 3.91. The molecule has 0 atom stereocenters. The summed E-state index contributed by atoms with van der Waals surface area (Å²) in [7, 11) is 0. The predicted octanol–water partition coefficient (Wildman–Crippen LogP) is 3.02. The summed E-state index contributed by atoms with van der Waals surface area (Å²) in [6, 6.07) is 8.01. The number of nitrogens with two attached hydrogens (primary N) is 1. The van der Waals surface area contributed by atoms with E-state index < -0.39 is 5.82 Å². The van der Waals surface area contributed by atoms with Crippen LogP contribution >= 0.6 is 15.9 Å². The number of nitrogens with zero attached hydrogens (tertiary/aromatic N) is 2. The van der Waals surface area contributed by atoms with E-state index in [-0.39, 0.29) is 22.5 Å². The minimum Gasteiger partial charge on any atom is -0.487 e. The van der Waals surface area contributed by atoms with Crippen LogP contribution in [0.1, 0.15) is 11.3 Å². The Kier molecular flexibility index (Phi) is 3.97. The zero-order valence-corrected chi connectivity index (χ0v) is 11.3. The van der Waals surface area contributed by atoms with E-state index in [4.69, 9.17) is 15.7 Å². The first kappa shape index (κ1) is 13.3. The molecule has 0 bridgehead atoms. The lowest BCUT2D eigenvalue weighted by atomic mass is 10.2. The van der Waals surface area contributed by atoms with Gasteiger partial charge < -0.3 is 10.5 Å². The molecule has 1 aromatic carbocycles. The Balaban J connectivity index is 2.20. The topological polar surface area (TPSA) is 71.9 Å². The molecule has 96 valence electrons. The number of halogens is 2. The van der Waals surface area contributed by atoms with Crippen molar-refractivity contribution in [1.82, 2.24) is 4.98 Å². The highest BCUT2D eigenvalue weighted by atomic mass is 79.9. The number of hydrogen-bond donors (Lipinski definition) is 1. The molecular weight excluding hydrogens is 313 g/mol. The zero-order chi connectivity index (χ0) is 13.8. The molecule has 2 N–H and O–H groups in total. The maximum atomic E-state index is 13.4. The van der Waals surface area contributed by atoms with Crippen LogP contribution in [0, 0.1) is 17.1 Å². The SMILES string of the molecule is N#Cc1ncccc1COc1cc(F)c(Br)cc1N. The summed E-state index contributed by atoms with van der Waals surface area (Å²) in [5.41, 5.74) is 6.93. The van der Waals surface area contributed by atoms with Gasteiger partial charge in [0.05, 0.1) is 10.2 Å². The normalized spacial score (nSPS) is 9.95. The second-order valence-corrected chi connectivity index (χ2v) is 4.57. The first-order valence-corrected chi connectivity index (χ1v) is 6.12. The van der Waals surface area contributed by atoms with Crippen molar-refractivity contribution in [2.75, 3.05) is 5.73 Å². The average molecular weight is 322 g/mol. The second-order valence-electron chi connectivity index (χ2n) is 3.72. The third kappa shape index (κ3) is 3.01. The number of nitriles is 1. The number of anilines is 1. The smallest absolute Gasteiger partial charge is 0.147 e. The molecule has 0 saturated carbocycles. The largest absolute Gasteiger partial charge is 0.487 e. The Hall–Kier alpha value is -2.13. The van der Waals surface area contributed by atoms with E-state index in [1.807, 2.05) is 6.07 Å². The minimum absolute atomic E-state index is 0.0992. The van der Waals surface area contributed by atoms with Gasteiger partial charge in [0.1, 0.15) is 29.9 Å². The molecule has 0 radical (unpaired) electrons. The number of rotatable bonds is 3. The predicted molar refractivity (Wildman–Crippen MR) is 71.8 cm³/mol. The summed E-state index contributed by atoms with van der Waals surface area (Å²) in [6.07, 6.45) is 1.52. The van der Waals surface area contributed by atoms with E-state index in [1.54, 1.807) is 12.1 Å². The van der Waals surface area contributed by atoms with Crippen LogP contribution in [0.15, 0.2) is 34.9 Å². The van der Waals surface area contributed by atoms with Crippen molar-refractivity contribution in [3.63, 3.8) is 0 Å². The van der Waals surface area contributed by atoms with Crippen molar-refractivity contribution in [2.45, 2.75) is 6.61 Å². The van der Waals surface area contributed by atoms with Crippen LogP contribution in [0.3, 0.4) is 0 Å². The first-order valence-electron chi connectivity index (χ1n) is 5.33. The third-order valence-corrected chi connectivity index (χ3v) is 3.04. The van der Waals surface area contributed by atoms with Gasteiger partial charge in [-0.3, -0.25) is 0 Å². The maximum Gasteiger partial charge on any atom is 0.147 e. The van der Waals surface area contributed by atoms with E-state index >= 15 is 0 Å². The molecule has 0 spiro atoms. The summed E-state index contributed by atoms with van der Waals surface area (Å²) < 4.78 is 19.1. The molecule has 0 fully saturated rings.